The number of aromatic nitrogens is 2. The summed E-state index contributed by atoms with van der Waals surface area (Å²) >= 11 is 3.52. The van der Waals surface area contributed by atoms with Crippen LogP contribution in [0.3, 0.4) is 0 Å². The maximum atomic E-state index is 12.5. The number of carbonyl (C=O) groups excluding carboxylic acids is 1. The van der Waals surface area contributed by atoms with Gasteiger partial charge in [-0.3, -0.25) is 9.48 Å². The fourth-order valence-electron chi connectivity index (χ4n) is 2.24. The molecule has 2 N–H and O–H groups in total. The van der Waals surface area contributed by atoms with Gasteiger partial charge in [-0.25, -0.2) is 0 Å². The Hall–Kier alpha value is -1.62. The summed E-state index contributed by atoms with van der Waals surface area (Å²) in [6.45, 7) is 6.56. The van der Waals surface area contributed by atoms with Gasteiger partial charge in [-0.1, -0.05) is 12.1 Å². The Kier molecular flexibility index (Phi) is 4.28. The Morgan fingerprint density at radius 3 is 2.75 bits per heavy atom. The molecule has 1 aromatic heterocycles. The van der Waals surface area contributed by atoms with Crippen molar-refractivity contribution in [1.29, 1.82) is 0 Å². The summed E-state index contributed by atoms with van der Waals surface area (Å²) in [7, 11) is 0. The highest BCUT2D eigenvalue weighted by Crippen LogP contribution is 2.24. The number of rotatable bonds is 4. The van der Waals surface area contributed by atoms with Gasteiger partial charge in [0.25, 0.3) is 0 Å². The highest BCUT2D eigenvalue weighted by molar-refractivity contribution is 9.10. The van der Waals surface area contributed by atoms with Crippen molar-refractivity contribution in [2.45, 2.75) is 33.7 Å². The maximum absolute atomic E-state index is 12.5. The molecule has 0 unspecified atom stereocenters. The molecule has 0 spiro atoms. The Labute approximate surface area is 127 Å². The third-order valence-electron chi connectivity index (χ3n) is 3.46. The molecule has 0 bridgehead atoms. The van der Waals surface area contributed by atoms with Crippen LogP contribution in [0.5, 0.6) is 0 Å². The van der Waals surface area contributed by atoms with E-state index in [9.17, 15) is 4.79 Å². The average Bonchev–Trinajstić information content (AvgIpc) is 2.69. The number of nitrogens with zero attached hydrogens (tertiary/aromatic N) is 2. The van der Waals surface area contributed by atoms with Crippen LogP contribution < -0.4 is 5.73 Å². The van der Waals surface area contributed by atoms with E-state index >= 15 is 0 Å². The van der Waals surface area contributed by atoms with Gasteiger partial charge in [0.15, 0.2) is 5.78 Å². The van der Waals surface area contributed by atoms with E-state index in [1.54, 1.807) is 0 Å². The van der Waals surface area contributed by atoms with E-state index in [1.165, 1.54) is 0 Å². The summed E-state index contributed by atoms with van der Waals surface area (Å²) < 4.78 is 2.77. The lowest BCUT2D eigenvalue weighted by atomic mass is 10.00. The van der Waals surface area contributed by atoms with Gasteiger partial charge in [0.1, 0.15) is 0 Å². The molecule has 0 atom stereocenters. The van der Waals surface area contributed by atoms with Crippen molar-refractivity contribution in [1.82, 2.24) is 9.78 Å². The van der Waals surface area contributed by atoms with Gasteiger partial charge in [-0.05, 0) is 48.3 Å². The highest BCUT2D eigenvalue weighted by Gasteiger charge is 2.18. The van der Waals surface area contributed by atoms with Gasteiger partial charge < -0.3 is 5.73 Å². The summed E-state index contributed by atoms with van der Waals surface area (Å²) in [6, 6.07) is 5.44. The smallest absolute Gasteiger partial charge is 0.169 e. The van der Waals surface area contributed by atoms with Crippen molar-refractivity contribution >= 4 is 27.4 Å². The van der Waals surface area contributed by atoms with E-state index in [1.807, 2.05) is 43.7 Å². The highest BCUT2D eigenvalue weighted by atomic mass is 79.9. The Morgan fingerprint density at radius 2 is 2.10 bits per heavy atom. The molecule has 2 rings (SSSR count). The van der Waals surface area contributed by atoms with Crippen molar-refractivity contribution in [2.75, 3.05) is 5.73 Å². The van der Waals surface area contributed by atoms with E-state index in [0.29, 0.717) is 17.7 Å². The van der Waals surface area contributed by atoms with E-state index in [2.05, 4.69) is 21.0 Å². The van der Waals surface area contributed by atoms with Crippen LogP contribution in [0.4, 0.5) is 5.69 Å². The van der Waals surface area contributed by atoms with E-state index in [4.69, 9.17) is 5.73 Å². The number of hydrogen-bond acceptors (Lipinski definition) is 3. The maximum Gasteiger partial charge on any atom is 0.169 e. The molecule has 1 heterocycles. The SMILES string of the molecule is CCn1nc(C)c(Br)c1CC(=O)c1cccc(N)c1C. The molecule has 0 aliphatic carbocycles. The molecule has 0 radical (unpaired) electrons. The van der Waals surface area contributed by atoms with Gasteiger partial charge in [-0.2, -0.15) is 5.10 Å². The first kappa shape index (κ1) is 14.8. The van der Waals surface area contributed by atoms with Gasteiger partial charge >= 0.3 is 0 Å². The molecule has 0 fully saturated rings. The van der Waals surface area contributed by atoms with E-state index in [0.717, 1.165) is 28.0 Å². The monoisotopic (exact) mass is 335 g/mol. The Bertz CT molecular complexity index is 661. The minimum Gasteiger partial charge on any atom is -0.398 e. The molecule has 0 aliphatic rings. The molecule has 106 valence electrons. The zero-order chi connectivity index (χ0) is 14.9. The topological polar surface area (TPSA) is 60.9 Å². The molecular formula is C15H18BrN3O. The molecular weight excluding hydrogens is 318 g/mol. The molecule has 0 amide bonds. The Morgan fingerprint density at radius 1 is 1.40 bits per heavy atom. The van der Waals surface area contributed by atoms with Crippen LogP contribution in [0, 0.1) is 13.8 Å². The van der Waals surface area contributed by atoms with Crippen LogP contribution >= 0.6 is 15.9 Å². The number of halogens is 1. The second kappa shape index (κ2) is 5.79. The molecule has 0 saturated carbocycles. The standard InChI is InChI=1S/C15H18BrN3O/c1-4-19-13(15(16)10(3)18-19)8-14(20)11-6-5-7-12(17)9(11)2/h5-7H,4,8,17H2,1-3H3. The minimum atomic E-state index is 0.0603. The van der Waals surface area contributed by atoms with Crippen molar-refractivity contribution in [2.24, 2.45) is 0 Å². The zero-order valence-electron chi connectivity index (χ0n) is 11.9. The number of nitrogens with two attached hydrogens (primary N) is 1. The fraction of sp³-hybridized carbons (Fsp3) is 0.333. The number of Topliss-reactive ketones (excluding diaryl/α,β-unsaturated/α-hetero) is 1. The number of benzene rings is 1. The van der Waals surface area contributed by atoms with Crippen LogP contribution in [0.2, 0.25) is 0 Å². The van der Waals surface area contributed by atoms with Crippen molar-refractivity contribution in [3.8, 4) is 0 Å². The number of ketones is 1. The van der Waals surface area contributed by atoms with Gasteiger partial charge in [0.05, 0.1) is 22.3 Å². The summed E-state index contributed by atoms with van der Waals surface area (Å²) in [5.41, 5.74) is 9.85. The Balaban J connectivity index is 2.35. The van der Waals surface area contributed by atoms with Crippen LogP contribution in [0.1, 0.15) is 34.2 Å². The lowest BCUT2D eigenvalue weighted by Crippen LogP contribution is -2.12. The number of aryl methyl sites for hydroxylation is 2. The minimum absolute atomic E-state index is 0.0603. The summed E-state index contributed by atoms with van der Waals surface area (Å²) in [6.07, 6.45) is 0.319. The van der Waals surface area contributed by atoms with Crippen molar-refractivity contribution in [3.05, 3.63) is 45.2 Å². The summed E-state index contributed by atoms with van der Waals surface area (Å²) in [5.74, 6) is 0.0603. The third-order valence-corrected chi connectivity index (χ3v) is 4.49. The normalized spacial score (nSPS) is 10.8. The predicted octanol–water partition coefficient (Wildman–Crippen LogP) is 3.29. The first-order valence-corrected chi connectivity index (χ1v) is 7.35. The van der Waals surface area contributed by atoms with Crippen LogP contribution in [0.15, 0.2) is 22.7 Å². The molecule has 5 heteroatoms. The predicted molar refractivity (Wildman–Crippen MR) is 84.0 cm³/mol. The van der Waals surface area contributed by atoms with Crippen molar-refractivity contribution in [3.63, 3.8) is 0 Å². The third kappa shape index (κ3) is 2.63. The number of anilines is 1. The quantitative estimate of drug-likeness (QED) is 0.688. The molecule has 2 aromatic rings. The van der Waals surface area contributed by atoms with Gasteiger partial charge in [-0.15, -0.1) is 0 Å². The van der Waals surface area contributed by atoms with E-state index in [-0.39, 0.29) is 5.78 Å². The first-order chi connectivity index (χ1) is 9.45. The largest absolute Gasteiger partial charge is 0.398 e. The molecule has 1 aromatic carbocycles. The van der Waals surface area contributed by atoms with Crippen LogP contribution in [-0.4, -0.2) is 15.6 Å². The summed E-state index contributed by atoms with van der Waals surface area (Å²) in [4.78, 5) is 12.5. The van der Waals surface area contributed by atoms with Gasteiger partial charge in [0.2, 0.25) is 0 Å². The molecule has 20 heavy (non-hydrogen) atoms. The average molecular weight is 336 g/mol. The lowest BCUT2D eigenvalue weighted by Gasteiger charge is -2.09. The fourth-order valence-corrected chi connectivity index (χ4v) is 2.66. The molecule has 0 aliphatic heterocycles. The number of nitrogen functional groups attached to an aromatic ring is 1. The second-order valence-electron chi connectivity index (χ2n) is 4.78. The zero-order valence-corrected chi connectivity index (χ0v) is 13.5. The van der Waals surface area contributed by atoms with Crippen molar-refractivity contribution < 1.29 is 4.79 Å². The number of hydrogen-bond donors (Lipinski definition) is 1. The van der Waals surface area contributed by atoms with E-state index < -0.39 is 0 Å². The molecule has 4 nitrogen and oxygen atoms in total. The van der Waals surface area contributed by atoms with Crippen LogP contribution in [-0.2, 0) is 13.0 Å². The first-order valence-electron chi connectivity index (χ1n) is 6.55. The van der Waals surface area contributed by atoms with Gasteiger partial charge in [0, 0.05) is 17.8 Å². The lowest BCUT2D eigenvalue weighted by molar-refractivity contribution is 0.0990. The van der Waals surface area contributed by atoms with Crippen LogP contribution in [0.25, 0.3) is 0 Å². The second-order valence-corrected chi connectivity index (χ2v) is 5.57. The summed E-state index contributed by atoms with van der Waals surface area (Å²) in [5, 5.41) is 4.41. The molecule has 0 saturated heterocycles. The number of carbonyl (C=O) groups is 1.